The van der Waals surface area contributed by atoms with Crippen LogP contribution in [-0.4, -0.2) is 61.7 Å². The standard InChI is InChI=1S/C14H33N3O16/c1-4-9-21-14(3,19)17-8-6-11-22-24-26-28-30-32-33-31-29-27-25-23-12-16-7-5-10-20-13(2,15)18/h16-19H,4-12,15H2,1-3H3. The molecule has 0 aromatic heterocycles. The van der Waals surface area contributed by atoms with Crippen LogP contribution < -0.4 is 16.4 Å². The molecule has 0 saturated heterocycles. The Morgan fingerprint density at radius 1 is 0.697 bits per heavy atom. The van der Waals surface area contributed by atoms with E-state index >= 15 is 0 Å². The summed E-state index contributed by atoms with van der Waals surface area (Å²) in [6.07, 6.45) is 1.76. The van der Waals surface area contributed by atoms with Crippen LogP contribution >= 0.6 is 0 Å². The lowest BCUT2D eigenvalue weighted by Crippen LogP contribution is -2.45. The van der Waals surface area contributed by atoms with Crippen LogP contribution in [0.25, 0.3) is 0 Å². The van der Waals surface area contributed by atoms with Gasteiger partial charge in [-0.05, 0) is 76.2 Å². The molecule has 2 unspecified atom stereocenters. The number of rotatable bonds is 26. The van der Waals surface area contributed by atoms with Gasteiger partial charge in [-0.15, -0.1) is 0 Å². The van der Waals surface area contributed by atoms with E-state index in [1.807, 2.05) is 6.92 Å². The first-order valence-corrected chi connectivity index (χ1v) is 9.65. The van der Waals surface area contributed by atoms with E-state index in [-0.39, 0.29) is 19.9 Å². The van der Waals surface area contributed by atoms with Crippen molar-refractivity contribution >= 4 is 0 Å². The third-order valence-corrected chi connectivity index (χ3v) is 2.84. The van der Waals surface area contributed by atoms with Crippen molar-refractivity contribution < 1.29 is 79.8 Å². The zero-order valence-corrected chi connectivity index (χ0v) is 18.6. The van der Waals surface area contributed by atoms with Gasteiger partial charge in [0, 0.05) is 20.4 Å². The first-order chi connectivity index (χ1) is 15.8. The fourth-order valence-electron chi connectivity index (χ4n) is 1.58. The van der Waals surface area contributed by atoms with Crippen molar-refractivity contribution in [2.24, 2.45) is 5.73 Å². The summed E-state index contributed by atoms with van der Waals surface area (Å²) >= 11 is 0. The topological polar surface area (TPSA) is 220 Å². The number of aliphatic hydroxyl groups is 2. The van der Waals surface area contributed by atoms with Gasteiger partial charge in [0.1, 0.15) is 6.73 Å². The molecular weight excluding hydrogens is 466 g/mol. The average Bonchev–Trinajstić information content (AvgIpc) is 2.75. The molecule has 0 bridgehead atoms. The Morgan fingerprint density at radius 3 is 1.82 bits per heavy atom. The number of nitrogens with two attached hydrogens (primary N) is 1. The zero-order chi connectivity index (χ0) is 24.7. The van der Waals surface area contributed by atoms with Crippen LogP contribution in [0.15, 0.2) is 0 Å². The maximum atomic E-state index is 9.78. The molecule has 200 valence electrons. The van der Waals surface area contributed by atoms with Crippen LogP contribution in [0.4, 0.5) is 0 Å². The monoisotopic (exact) mass is 499 g/mol. The van der Waals surface area contributed by atoms with E-state index in [9.17, 15) is 5.11 Å². The van der Waals surface area contributed by atoms with Crippen molar-refractivity contribution in [3.05, 3.63) is 0 Å². The molecule has 19 nitrogen and oxygen atoms in total. The van der Waals surface area contributed by atoms with Crippen molar-refractivity contribution in [1.82, 2.24) is 10.6 Å². The summed E-state index contributed by atoms with van der Waals surface area (Å²) in [5, 5.41) is 62.9. The Hall–Kier alpha value is -0.760. The van der Waals surface area contributed by atoms with Crippen LogP contribution in [0.3, 0.4) is 0 Å². The maximum absolute atomic E-state index is 9.78. The van der Waals surface area contributed by atoms with Gasteiger partial charge in [-0.3, -0.25) is 16.4 Å². The van der Waals surface area contributed by atoms with E-state index in [4.69, 9.17) is 20.3 Å². The van der Waals surface area contributed by atoms with Crippen molar-refractivity contribution in [2.45, 2.75) is 51.9 Å². The summed E-state index contributed by atoms with van der Waals surface area (Å²) in [7, 11) is 0. The van der Waals surface area contributed by atoms with Gasteiger partial charge in [0.15, 0.2) is 0 Å². The fraction of sp³-hybridized carbons (Fsp3) is 1.00. The Kier molecular flexibility index (Phi) is 21.3. The number of nitrogens with one attached hydrogen (secondary N) is 2. The quantitative estimate of drug-likeness (QED) is 0.0412. The highest BCUT2D eigenvalue weighted by atomic mass is 18.0. The molecule has 0 radical (unpaired) electrons. The molecule has 0 fully saturated rings. The predicted octanol–water partition coefficient (Wildman–Crippen LogP) is -1.10. The van der Waals surface area contributed by atoms with E-state index in [2.05, 4.69) is 70.8 Å². The van der Waals surface area contributed by atoms with Gasteiger partial charge in [-0.1, -0.05) is 6.92 Å². The van der Waals surface area contributed by atoms with Crippen molar-refractivity contribution in [3.63, 3.8) is 0 Å². The van der Waals surface area contributed by atoms with Gasteiger partial charge in [0.25, 0.3) is 0 Å². The lowest BCUT2D eigenvalue weighted by molar-refractivity contribution is -0.863. The van der Waals surface area contributed by atoms with Crippen LogP contribution in [0.5, 0.6) is 0 Å². The molecule has 0 aromatic rings. The fourth-order valence-corrected chi connectivity index (χ4v) is 1.58. The third kappa shape index (κ3) is 27.4. The lowest BCUT2D eigenvalue weighted by Gasteiger charge is -2.24. The van der Waals surface area contributed by atoms with Gasteiger partial charge in [0.05, 0.1) is 19.8 Å². The van der Waals surface area contributed by atoms with Crippen LogP contribution in [-0.2, 0) is 69.6 Å². The van der Waals surface area contributed by atoms with E-state index in [0.29, 0.717) is 32.5 Å². The minimum Gasteiger partial charge on any atom is -0.354 e. The van der Waals surface area contributed by atoms with Crippen LogP contribution in [0.1, 0.15) is 40.0 Å². The molecule has 0 aromatic carbocycles. The Bertz CT molecular complexity index is 416. The normalized spacial score (nSPS) is 15.5. The molecule has 0 spiro atoms. The van der Waals surface area contributed by atoms with Crippen molar-refractivity contribution in [3.8, 4) is 0 Å². The molecule has 0 heterocycles. The largest absolute Gasteiger partial charge is 0.354 e. The first-order valence-electron chi connectivity index (χ1n) is 9.65. The molecule has 6 N–H and O–H groups in total. The molecule has 2 atom stereocenters. The maximum Gasteiger partial charge on any atom is 0.221 e. The molecule has 19 heteroatoms. The third-order valence-electron chi connectivity index (χ3n) is 2.84. The SMILES string of the molecule is CCCOC(C)(O)NCCCOOOOOOOOOOOOCNCCCOC(C)(N)O. The van der Waals surface area contributed by atoms with Gasteiger partial charge in [0.2, 0.25) is 11.8 Å². The first kappa shape index (κ1) is 32.2. The molecular formula is C14H33N3O16. The summed E-state index contributed by atoms with van der Waals surface area (Å²) in [5.41, 5.74) is 5.21. The highest BCUT2D eigenvalue weighted by molar-refractivity contribution is 4.56. The van der Waals surface area contributed by atoms with Crippen LogP contribution in [0, 0.1) is 0 Å². The molecule has 0 aliphatic carbocycles. The van der Waals surface area contributed by atoms with Crippen molar-refractivity contribution in [1.29, 1.82) is 0 Å². The Labute approximate surface area is 188 Å². The molecule has 0 amide bonds. The molecule has 0 rings (SSSR count). The smallest absolute Gasteiger partial charge is 0.221 e. The summed E-state index contributed by atoms with van der Waals surface area (Å²) in [6, 6.07) is 0. The average molecular weight is 499 g/mol. The minimum atomic E-state index is -1.67. The zero-order valence-electron chi connectivity index (χ0n) is 18.6. The molecule has 33 heavy (non-hydrogen) atoms. The van der Waals surface area contributed by atoms with E-state index < -0.39 is 11.8 Å². The Morgan fingerprint density at radius 2 is 1.24 bits per heavy atom. The van der Waals surface area contributed by atoms with E-state index in [1.54, 1.807) is 0 Å². The van der Waals surface area contributed by atoms with E-state index in [0.717, 1.165) is 6.42 Å². The van der Waals surface area contributed by atoms with Crippen molar-refractivity contribution in [2.75, 3.05) is 39.6 Å². The van der Waals surface area contributed by atoms with Gasteiger partial charge >= 0.3 is 0 Å². The molecule has 0 aliphatic heterocycles. The minimum absolute atomic E-state index is 0.0787. The summed E-state index contributed by atoms with van der Waals surface area (Å²) in [5.74, 6) is -3.10. The number of ether oxygens (including phenoxy) is 2. The highest BCUT2D eigenvalue weighted by Gasteiger charge is 2.18. The number of hydrogen-bond acceptors (Lipinski definition) is 19. The second-order valence-corrected chi connectivity index (χ2v) is 6.13. The highest BCUT2D eigenvalue weighted by Crippen LogP contribution is 2.01. The molecule has 0 saturated carbocycles. The van der Waals surface area contributed by atoms with Gasteiger partial charge in [-0.2, -0.15) is 4.89 Å². The van der Waals surface area contributed by atoms with Gasteiger partial charge in [-0.25, -0.2) is 4.89 Å². The summed E-state index contributed by atoms with van der Waals surface area (Å²) in [4.78, 5) is 8.99. The second-order valence-electron chi connectivity index (χ2n) is 6.13. The Balaban J connectivity index is 3.15. The van der Waals surface area contributed by atoms with E-state index in [1.165, 1.54) is 13.8 Å². The van der Waals surface area contributed by atoms with Crippen LogP contribution in [0.2, 0.25) is 0 Å². The number of hydrogen-bond donors (Lipinski definition) is 5. The lowest BCUT2D eigenvalue weighted by atomic mass is 10.4. The predicted molar refractivity (Wildman–Crippen MR) is 95.6 cm³/mol. The summed E-state index contributed by atoms with van der Waals surface area (Å²) < 4.78 is 10.0. The summed E-state index contributed by atoms with van der Waals surface area (Å²) in [6.45, 7) is 6.20. The molecule has 0 aliphatic rings. The van der Waals surface area contributed by atoms with Gasteiger partial charge < -0.3 is 19.7 Å². The second kappa shape index (κ2) is 21.8.